The highest BCUT2D eigenvalue weighted by Crippen LogP contribution is 2.17. The molecule has 1 atom stereocenters. The number of hydrogen-bond donors (Lipinski definition) is 1. The maximum Gasteiger partial charge on any atom is 0.255 e. The Morgan fingerprint density at radius 3 is 2.70 bits per heavy atom. The number of nitrogens with zero attached hydrogens (tertiary/aromatic N) is 3. The van der Waals surface area contributed by atoms with E-state index < -0.39 is 0 Å². The van der Waals surface area contributed by atoms with Gasteiger partial charge in [-0.1, -0.05) is 6.92 Å². The van der Waals surface area contributed by atoms with Crippen LogP contribution >= 0.6 is 0 Å². The number of carbonyl (C=O) groups excluding carboxylic acids is 2. The fourth-order valence-corrected chi connectivity index (χ4v) is 2.05. The minimum atomic E-state index is -0.259. The zero-order valence-corrected chi connectivity index (χ0v) is 12.7. The summed E-state index contributed by atoms with van der Waals surface area (Å²) in [6.45, 7) is 5.09. The summed E-state index contributed by atoms with van der Waals surface area (Å²) in [5, 5.41) is 4.42. The summed E-state index contributed by atoms with van der Waals surface area (Å²) in [4.78, 5) is 34.0. The van der Waals surface area contributed by atoms with Crippen molar-refractivity contribution in [2.45, 2.75) is 38.6 Å². The third-order valence-corrected chi connectivity index (χ3v) is 3.72. The molecule has 0 saturated carbocycles. The van der Waals surface area contributed by atoms with E-state index in [1.165, 1.54) is 7.11 Å². The predicted molar refractivity (Wildman–Crippen MR) is 75.9 cm³/mol. The van der Waals surface area contributed by atoms with Crippen molar-refractivity contribution in [1.82, 2.24) is 15.3 Å². The maximum atomic E-state index is 12.1. The molecule has 1 aliphatic rings. The third kappa shape index (κ3) is 3.93. The molecular weight excluding hydrogens is 260 g/mol. The first-order valence-electron chi connectivity index (χ1n) is 6.81. The van der Waals surface area contributed by atoms with Crippen LogP contribution in [0, 0.1) is 0 Å². The third-order valence-electron chi connectivity index (χ3n) is 3.72. The van der Waals surface area contributed by atoms with Crippen molar-refractivity contribution in [2.75, 3.05) is 27.2 Å². The van der Waals surface area contributed by atoms with Crippen LogP contribution in [0.5, 0.6) is 0 Å². The highest BCUT2D eigenvalue weighted by atomic mass is 16.7. The van der Waals surface area contributed by atoms with Gasteiger partial charge in [-0.25, -0.2) is 0 Å². The van der Waals surface area contributed by atoms with Crippen molar-refractivity contribution < 1.29 is 14.4 Å². The van der Waals surface area contributed by atoms with Gasteiger partial charge in [-0.15, -0.1) is 0 Å². The van der Waals surface area contributed by atoms with Gasteiger partial charge in [-0.3, -0.25) is 19.4 Å². The van der Waals surface area contributed by atoms with Crippen LogP contribution in [0.15, 0.2) is 4.99 Å². The molecule has 1 rings (SSSR count). The van der Waals surface area contributed by atoms with Crippen LogP contribution in [0.2, 0.25) is 0 Å². The molecule has 0 aromatic carbocycles. The Hall–Kier alpha value is -1.63. The van der Waals surface area contributed by atoms with Crippen LogP contribution in [0.3, 0.4) is 0 Å². The van der Waals surface area contributed by atoms with E-state index in [2.05, 4.69) is 17.2 Å². The normalized spacial score (nSPS) is 27.4. The minimum Gasteiger partial charge on any atom is -0.349 e. The van der Waals surface area contributed by atoms with Crippen molar-refractivity contribution >= 4 is 18.3 Å². The summed E-state index contributed by atoms with van der Waals surface area (Å²) in [6, 6.07) is 0. The Bertz CT molecular complexity index is 386. The van der Waals surface area contributed by atoms with Crippen LogP contribution in [-0.2, 0) is 14.4 Å². The summed E-state index contributed by atoms with van der Waals surface area (Å²) in [7, 11) is 3.04. The second kappa shape index (κ2) is 7.23. The Morgan fingerprint density at radius 1 is 1.50 bits per heavy atom. The number of amides is 2. The van der Waals surface area contributed by atoms with Gasteiger partial charge in [-0.05, 0) is 19.8 Å². The van der Waals surface area contributed by atoms with E-state index >= 15 is 0 Å². The smallest absolute Gasteiger partial charge is 0.255 e. The van der Waals surface area contributed by atoms with E-state index in [4.69, 9.17) is 4.84 Å². The lowest BCUT2D eigenvalue weighted by Gasteiger charge is -2.36. The standard InChI is InChI=1S/C13H24N4O3/c1-5-13(2)7-9-16(10-18)8-6-11(19)17(20-4)12(14-3)15-13/h10H,5-9H2,1-4H3,(H,14,15). The van der Waals surface area contributed by atoms with Gasteiger partial charge < -0.3 is 10.2 Å². The molecule has 0 bridgehead atoms. The van der Waals surface area contributed by atoms with Crippen LogP contribution in [0.25, 0.3) is 0 Å². The monoisotopic (exact) mass is 284 g/mol. The van der Waals surface area contributed by atoms with Crippen LogP contribution in [0.4, 0.5) is 0 Å². The second-order valence-corrected chi connectivity index (χ2v) is 5.10. The van der Waals surface area contributed by atoms with Crippen molar-refractivity contribution in [2.24, 2.45) is 4.99 Å². The molecule has 0 spiro atoms. The van der Waals surface area contributed by atoms with E-state index in [0.717, 1.165) is 24.3 Å². The Morgan fingerprint density at radius 2 is 2.20 bits per heavy atom. The lowest BCUT2D eigenvalue weighted by Crippen LogP contribution is -2.55. The number of hydroxylamine groups is 2. The molecule has 20 heavy (non-hydrogen) atoms. The number of nitrogens with one attached hydrogen (secondary N) is 1. The fourth-order valence-electron chi connectivity index (χ4n) is 2.05. The van der Waals surface area contributed by atoms with Gasteiger partial charge in [0.05, 0.1) is 7.11 Å². The molecule has 7 nitrogen and oxygen atoms in total. The molecule has 0 aromatic heterocycles. The molecule has 1 unspecified atom stereocenters. The average molecular weight is 284 g/mol. The van der Waals surface area contributed by atoms with Crippen molar-refractivity contribution in [1.29, 1.82) is 0 Å². The second-order valence-electron chi connectivity index (χ2n) is 5.10. The van der Waals surface area contributed by atoms with Crippen molar-refractivity contribution in [3.8, 4) is 0 Å². The molecule has 1 aliphatic heterocycles. The van der Waals surface area contributed by atoms with Gasteiger partial charge >= 0.3 is 0 Å². The van der Waals surface area contributed by atoms with E-state index in [0.29, 0.717) is 19.0 Å². The number of carbonyl (C=O) groups is 2. The number of guanidine groups is 1. The summed E-state index contributed by atoms with van der Waals surface area (Å²) >= 11 is 0. The maximum absolute atomic E-state index is 12.1. The Balaban J connectivity index is 3.03. The molecule has 1 saturated heterocycles. The van der Waals surface area contributed by atoms with E-state index in [1.54, 1.807) is 11.9 Å². The van der Waals surface area contributed by atoms with Gasteiger partial charge in [0.15, 0.2) is 0 Å². The molecule has 0 aliphatic carbocycles. The van der Waals surface area contributed by atoms with Crippen LogP contribution < -0.4 is 5.32 Å². The molecular formula is C13H24N4O3. The number of rotatable bonds is 3. The van der Waals surface area contributed by atoms with Gasteiger partial charge in [0.25, 0.3) is 5.91 Å². The number of aliphatic imine (C=N–C) groups is 1. The zero-order valence-electron chi connectivity index (χ0n) is 12.7. The van der Waals surface area contributed by atoms with E-state index in [1.807, 2.05) is 6.92 Å². The summed E-state index contributed by atoms with van der Waals surface area (Å²) < 4.78 is 0. The van der Waals surface area contributed by atoms with E-state index in [9.17, 15) is 9.59 Å². The van der Waals surface area contributed by atoms with Gasteiger partial charge in [-0.2, -0.15) is 5.06 Å². The molecule has 7 heteroatoms. The Labute approximate surface area is 119 Å². The highest BCUT2D eigenvalue weighted by Gasteiger charge is 2.30. The van der Waals surface area contributed by atoms with Crippen LogP contribution in [0.1, 0.15) is 33.1 Å². The van der Waals surface area contributed by atoms with Gasteiger partial charge in [0, 0.05) is 32.1 Å². The summed E-state index contributed by atoms with van der Waals surface area (Å²) in [5.74, 6) is 0.175. The number of hydrogen-bond acceptors (Lipinski definition) is 4. The highest BCUT2D eigenvalue weighted by molar-refractivity contribution is 5.96. The molecule has 2 amide bonds. The minimum absolute atomic E-state index is 0.204. The first kappa shape index (κ1) is 16.4. The van der Waals surface area contributed by atoms with Gasteiger partial charge in [0.2, 0.25) is 12.4 Å². The fraction of sp³-hybridized carbons (Fsp3) is 0.769. The predicted octanol–water partition coefficient (Wildman–Crippen LogP) is 0.373. The molecule has 0 radical (unpaired) electrons. The summed E-state index contributed by atoms with van der Waals surface area (Å²) in [6.07, 6.45) is 2.60. The lowest BCUT2D eigenvalue weighted by molar-refractivity contribution is -0.157. The zero-order chi connectivity index (χ0) is 15.2. The largest absolute Gasteiger partial charge is 0.349 e. The molecule has 1 fully saturated rings. The molecule has 1 N–H and O–H groups in total. The molecule has 0 aromatic rings. The summed E-state index contributed by atoms with van der Waals surface area (Å²) in [5.41, 5.74) is -0.259. The van der Waals surface area contributed by atoms with Crippen molar-refractivity contribution in [3.05, 3.63) is 0 Å². The average Bonchev–Trinajstić information content (AvgIpc) is 2.46. The molecule has 1 heterocycles. The Kier molecular flexibility index (Phi) is 5.94. The first-order chi connectivity index (χ1) is 9.49. The van der Waals surface area contributed by atoms with E-state index in [-0.39, 0.29) is 17.9 Å². The van der Waals surface area contributed by atoms with Gasteiger partial charge in [0.1, 0.15) is 0 Å². The molecule has 114 valence electrons. The van der Waals surface area contributed by atoms with Crippen molar-refractivity contribution in [3.63, 3.8) is 0 Å². The van der Waals surface area contributed by atoms with Crippen LogP contribution in [-0.4, -0.2) is 61.0 Å². The lowest BCUT2D eigenvalue weighted by atomic mass is 9.94. The quantitative estimate of drug-likeness (QED) is 0.760. The SMILES string of the molecule is CCC1(C)CCN(C=O)CCC(=O)N(OC)C(=NC)N1. The first-order valence-corrected chi connectivity index (χ1v) is 6.81. The topological polar surface area (TPSA) is 74.2 Å².